The molecule has 0 atom stereocenters. The molecule has 4 nitrogen and oxygen atoms in total. The maximum atomic E-state index is 11.0. The lowest BCUT2D eigenvalue weighted by atomic mass is 10.2. The van der Waals surface area contributed by atoms with Crippen molar-refractivity contribution in [3.8, 4) is 0 Å². The Morgan fingerprint density at radius 2 is 1.70 bits per heavy atom. The fraction of sp³-hybridized carbons (Fsp3) is 0.562. The maximum Gasteiger partial charge on any atom is 0.331 e. The molecule has 0 aromatic heterocycles. The van der Waals surface area contributed by atoms with Gasteiger partial charge in [0.15, 0.2) is 0 Å². The first-order chi connectivity index (χ1) is 9.48. The molecular formula is C16H22O4. The van der Waals surface area contributed by atoms with Gasteiger partial charge in [0.25, 0.3) is 5.79 Å². The molecule has 110 valence electrons. The van der Waals surface area contributed by atoms with E-state index in [1.807, 2.05) is 0 Å². The first-order valence-corrected chi connectivity index (χ1v) is 7.17. The molecule has 0 fully saturated rings. The summed E-state index contributed by atoms with van der Waals surface area (Å²) >= 11 is 0. The van der Waals surface area contributed by atoms with Gasteiger partial charge in [0.05, 0.1) is 11.5 Å². The van der Waals surface area contributed by atoms with E-state index in [0.29, 0.717) is 0 Å². The Balaban J connectivity index is 2.16. The Morgan fingerprint density at radius 3 is 2.05 bits per heavy atom. The van der Waals surface area contributed by atoms with Crippen molar-refractivity contribution < 1.29 is 19.4 Å². The van der Waals surface area contributed by atoms with Gasteiger partial charge in [-0.25, -0.2) is 4.79 Å². The van der Waals surface area contributed by atoms with E-state index < -0.39 is 11.8 Å². The van der Waals surface area contributed by atoms with Gasteiger partial charge in [-0.15, -0.1) is 0 Å². The van der Waals surface area contributed by atoms with Crippen molar-refractivity contribution in [1.29, 1.82) is 0 Å². The summed E-state index contributed by atoms with van der Waals surface area (Å²) in [7, 11) is 0. The lowest BCUT2D eigenvalue weighted by Gasteiger charge is -2.30. The largest absolute Gasteiger partial charge is 0.478 e. The molecule has 0 radical (unpaired) electrons. The second kappa shape index (κ2) is 6.16. The topological polar surface area (TPSA) is 55.8 Å². The fourth-order valence-corrected chi connectivity index (χ4v) is 2.52. The van der Waals surface area contributed by atoms with Crippen molar-refractivity contribution in [2.24, 2.45) is 0 Å². The number of carboxylic acids is 1. The van der Waals surface area contributed by atoms with Crippen LogP contribution in [0.4, 0.5) is 0 Å². The van der Waals surface area contributed by atoms with Crippen LogP contribution < -0.4 is 0 Å². The Bertz CT molecular complexity index is 445. The van der Waals surface area contributed by atoms with Gasteiger partial charge in [0, 0.05) is 31.4 Å². The molecule has 0 unspecified atom stereocenters. The molecule has 20 heavy (non-hydrogen) atoms. The highest BCUT2D eigenvalue weighted by atomic mass is 16.7. The van der Waals surface area contributed by atoms with E-state index in [-0.39, 0.29) is 5.57 Å². The molecule has 0 bridgehead atoms. The Morgan fingerprint density at radius 1 is 1.20 bits per heavy atom. The minimum Gasteiger partial charge on any atom is -0.478 e. The first kappa shape index (κ1) is 14.7. The van der Waals surface area contributed by atoms with Crippen LogP contribution in [0.5, 0.6) is 0 Å². The van der Waals surface area contributed by atoms with Crippen LogP contribution in [0.25, 0.3) is 0 Å². The normalized spacial score (nSPS) is 19.6. The molecule has 2 aliphatic carbocycles. The minimum absolute atomic E-state index is 0.227. The van der Waals surface area contributed by atoms with Crippen LogP contribution >= 0.6 is 0 Å². The van der Waals surface area contributed by atoms with Gasteiger partial charge >= 0.3 is 5.97 Å². The van der Waals surface area contributed by atoms with Crippen molar-refractivity contribution in [2.45, 2.75) is 58.2 Å². The summed E-state index contributed by atoms with van der Waals surface area (Å²) in [4.78, 5) is 11.0. The van der Waals surface area contributed by atoms with Crippen LogP contribution in [0.2, 0.25) is 0 Å². The highest BCUT2D eigenvalue weighted by Gasteiger charge is 2.30. The van der Waals surface area contributed by atoms with E-state index in [1.54, 1.807) is 19.9 Å². The van der Waals surface area contributed by atoms with Crippen molar-refractivity contribution >= 4 is 5.97 Å². The van der Waals surface area contributed by atoms with Crippen molar-refractivity contribution in [3.63, 3.8) is 0 Å². The van der Waals surface area contributed by atoms with Crippen molar-refractivity contribution in [3.05, 3.63) is 35.3 Å². The summed E-state index contributed by atoms with van der Waals surface area (Å²) < 4.78 is 11.9. The zero-order chi connectivity index (χ0) is 14.6. The second-order valence-electron chi connectivity index (χ2n) is 5.48. The van der Waals surface area contributed by atoms with Crippen LogP contribution in [0.3, 0.4) is 0 Å². The molecule has 1 N–H and O–H groups in total. The van der Waals surface area contributed by atoms with E-state index >= 15 is 0 Å². The van der Waals surface area contributed by atoms with Gasteiger partial charge in [-0.3, -0.25) is 0 Å². The lowest BCUT2D eigenvalue weighted by Crippen LogP contribution is -2.30. The summed E-state index contributed by atoms with van der Waals surface area (Å²) in [6.07, 6.45) is 11.6. The highest BCUT2D eigenvalue weighted by Crippen LogP contribution is 2.32. The van der Waals surface area contributed by atoms with E-state index in [0.717, 1.165) is 50.0 Å². The summed E-state index contributed by atoms with van der Waals surface area (Å²) in [5, 5.41) is 9.06. The maximum absolute atomic E-state index is 11.0. The third kappa shape index (κ3) is 3.89. The molecule has 0 aromatic carbocycles. The van der Waals surface area contributed by atoms with Gasteiger partial charge in [0.2, 0.25) is 0 Å². The van der Waals surface area contributed by atoms with Gasteiger partial charge in [-0.05, 0) is 44.8 Å². The number of ether oxygens (including phenoxy) is 2. The Hall–Kier alpha value is -1.71. The third-order valence-corrected chi connectivity index (χ3v) is 3.48. The number of aliphatic carboxylic acids is 1. The van der Waals surface area contributed by atoms with Crippen LogP contribution in [0.15, 0.2) is 35.3 Å². The molecule has 0 saturated carbocycles. The number of rotatable bonds is 6. The number of carbonyl (C=O) groups is 1. The predicted octanol–water partition coefficient (Wildman–Crippen LogP) is 3.90. The first-order valence-electron chi connectivity index (χ1n) is 7.17. The van der Waals surface area contributed by atoms with Gasteiger partial charge in [-0.1, -0.05) is 0 Å². The number of hydrogen-bond acceptors (Lipinski definition) is 3. The zero-order valence-electron chi connectivity index (χ0n) is 12.1. The molecule has 0 aromatic rings. The van der Waals surface area contributed by atoms with E-state index in [4.69, 9.17) is 14.6 Å². The quantitative estimate of drug-likeness (QED) is 0.591. The summed E-state index contributed by atoms with van der Waals surface area (Å²) in [5.74, 6) is -0.222. The second-order valence-corrected chi connectivity index (χ2v) is 5.48. The molecule has 2 rings (SSSR count). The minimum atomic E-state index is -1.05. The average Bonchev–Trinajstić information content (AvgIpc) is 3.01. The van der Waals surface area contributed by atoms with Crippen LogP contribution in [-0.2, 0) is 14.3 Å². The van der Waals surface area contributed by atoms with E-state index in [2.05, 4.69) is 12.2 Å². The van der Waals surface area contributed by atoms with Crippen molar-refractivity contribution in [1.82, 2.24) is 0 Å². The van der Waals surface area contributed by atoms with E-state index in [1.165, 1.54) is 0 Å². The lowest BCUT2D eigenvalue weighted by molar-refractivity contribution is -0.146. The van der Waals surface area contributed by atoms with Crippen LogP contribution in [0, 0.1) is 0 Å². The predicted molar refractivity (Wildman–Crippen MR) is 75.8 cm³/mol. The van der Waals surface area contributed by atoms with Gasteiger partial charge in [0.1, 0.15) is 0 Å². The average molecular weight is 278 g/mol. The standard InChI is InChI=1S/C16H22O4/c1-12(15(17)18)11-16(2,19-13-7-3-4-8-13)20-14-9-5-6-10-14/h7,9,11H,3-6,8,10H2,1-2H3,(H,17,18)/b12-11+. The molecule has 4 heteroatoms. The molecular weight excluding hydrogens is 256 g/mol. The molecule has 0 aliphatic heterocycles. The summed E-state index contributed by atoms with van der Waals surface area (Å²) in [6.45, 7) is 3.33. The van der Waals surface area contributed by atoms with E-state index in [9.17, 15) is 4.79 Å². The summed E-state index contributed by atoms with van der Waals surface area (Å²) in [6, 6.07) is 0. The monoisotopic (exact) mass is 278 g/mol. The molecule has 0 spiro atoms. The zero-order valence-corrected chi connectivity index (χ0v) is 12.1. The highest BCUT2D eigenvalue weighted by molar-refractivity contribution is 5.85. The molecule has 0 amide bonds. The molecule has 2 aliphatic rings. The Labute approximate surface area is 119 Å². The smallest absolute Gasteiger partial charge is 0.331 e. The Kier molecular flexibility index (Phi) is 4.53. The molecule has 0 heterocycles. The molecule has 0 saturated heterocycles. The van der Waals surface area contributed by atoms with Crippen molar-refractivity contribution in [2.75, 3.05) is 0 Å². The number of allylic oxidation sites excluding steroid dienone is 4. The van der Waals surface area contributed by atoms with Gasteiger partial charge in [-0.2, -0.15) is 0 Å². The fourth-order valence-electron chi connectivity index (χ4n) is 2.52. The van der Waals surface area contributed by atoms with Crippen LogP contribution in [0.1, 0.15) is 52.4 Å². The number of carboxylic acid groups (broad SMARTS) is 1. The third-order valence-electron chi connectivity index (χ3n) is 3.48. The number of hydrogen-bond donors (Lipinski definition) is 1. The summed E-state index contributed by atoms with van der Waals surface area (Å²) in [5.41, 5.74) is 0.227. The SMILES string of the molecule is C/C(=C\C(C)(OC1=CCCC1)OC1=CCCC1)C(=O)O. The van der Waals surface area contributed by atoms with Crippen LogP contribution in [-0.4, -0.2) is 16.9 Å². The van der Waals surface area contributed by atoms with Gasteiger partial charge < -0.3 is 14.6 Å².